The van der Waals surface area contributed by atoms with Crippen LogP contribution in [0, 0.1) is 0 Å². The molecule has 0 aliphatic rings. The summed E-state index contributed by atoms with van der Waals surface area (Å²) in [5, 5.41) is 0. The number of benzene rings is 1. The summed E-state index contributed by atoms with van der Waals surface area (Å²) in [6.45, 7) is 2.01. The summed E-state index contributed by atoms with van der Waals surface area (Å²) in [6.07, 6.45) is 1.20. The first-order valence-electron chi connectivity index (χ1n) is 4.63. The van der Waals surface area contributed by atoms with Crippen molar-refractivity contribution in [1.82, 2.24) is 0 Å². The molecule has 0 saturated carbocycles. The zero-order valence-electron chi connectivity index (χ0n) is 8.18. The van der Waals surface area contributed by atoms with Crippen molar-refractivity contribution in [2.45, 2.75) is 30.9 Å². The Morgan fingerprint density at radius 1 is 1.43 bits per heavy atom. The second-order valence-corrected chi connectivity index (χ2v) is 4.10. The molecule has 0 fully saturated rings. The second-order valence-electron chi connectivity index (χ2n) is 2.97. The lowest BCUT2D eigenvalue weighted by atomic mass is 10.3. The van der Waals surface area contributed by atoms with Crippen molar-refractivity contribution in [3.63, 3.8) is 0 Å². The predicted molar refractivity (Wildman–Crippen MR) is 56.8 cm³/mol. The fourth-order valence-corrected chi connectivity index (χ4v) is 1.84. The number of hydrogen-bond acceptors (Lipinski definition) is 3. The normalized spacial score (nSPS) is 15.0. The van der Waals surface area contributed by atoms with Crippen LogP contribution in [-0.2, 0) is 15.3 Å². The molecule has 0 radical (unpaired) electrons. The molecule has 1 aromatic rings. The number of hydrogen-bond donors (Lipinski definition) is 1. The SMILES string of the molecule is CCCC(N)OS(=O)c1ccccc1. The minimum absolute atomic E-state index is 0.443. The molecule has 0 aliphatic heterocycles. The minimum atomic E-state index is -1.44. The second kappa shape index (κ2) is 5.90. The average Bonchev–Trinajstić information content (AvgIpc) is 2.19. The molecule has 0 heterocycles. The third-order valence-electron chi connectivity index (χ3n) is 1.72. The first-order valence-corrected chi connectivity index (χ1v) is 5.71. The summed E-state index contributed by atoms with van der Waals surface area (Å²) >= 11 is -1.44. The van der Waals surface area contributed by atoms with Crippen molar-refractivity contribution < 1.29 is 8.39 Å². The van der Waals surface area contributed by atoms with Gasteiger partial charge in [-0.2, -0.15) is 0 Å². The summed E-state index contributed by atoms with van der Waals surface area (Å²) < 4.78 is 16.7. The Morgan fingerprint density at radius 3 is 2.64 bits per heavy atom. The standard InChI is InChI=1S/C10H15NO2S/c1-2-6-10(11)13-14(12)9-7-4-3-5-8-9/h3-5,7-8,10H,2,6,11H2,1H3. The lowest BCUT2D eigenvalue weighted by molar-refractivity contribution is 0.221. The van der Waals surface area contributed by atoms with E-state index in [1.807, 2.05) is 25.1 Å². The van der Waals surface area contributed by atoms with Crippen molar-refractivity contribution in [3.05, 3.63) is 30.3 Å². The summed E-state index contributed by atoms with van der Waals surface area (Å²) in [5.74, 6) is 0. The highest BCUT2D eigenvalue weighted by Gasteiger charge is 2.08. The van der Waals surface area contributed by atoms with Crippen LogP contribution < -0.4 is 5.73 Å². The highest BCUT2D eigenvalue weighted by Crippen LogP contribution is 2.09. The van der Waals surface area contributed by atoms with Crippen LogP contribution in [0.25, 0.3) is 0 Å². The monoisotopic (exact) mass is 213 g/mol. The lowest BCUT2D eigenvalue weighted by Crippen LogP contribution is -2.24. The fraction of sp³-hybridized carbons (Fsp3) is 0.400. The molecule has 78 valence electrons. The van der Waals surface area contributed by atoms with E-state index in [0.29, 0.717) is 4.90 Å². The van der Waals surface area contributed by atoms with Gasteiger partial charge in [0.05, 0.1) is 4.90 Å². The fourth-order valence-electron chi connectivity index (χ4n) is 1.03. The van der Waals surface area contributed by atoms with Gasteiger partial charge in [0.1, 0.15) is 6.23 Å². The van der Waals surface area contributed by atoms with Crippen molar-refractivity contribution >= 4 is 11.1 Å². The Bertz CT molecular complexity index is 289. The van der Waals surface area contributed by atoms with Gasteiger partial charge in [-0.3, -0.25) is 4.18 Å². The number of nitrogens with two attached hydrogens (primary N) is 1. The van der Waals surface area contributed by atoms with Gasteiger partial charge in [0.2, 0.25) is 0 Å². The molecule has 2 unspecified atom stereocenters. The van der Waals surface area contributed by atoms with E-state index in [0.717, 1.165) is 12.8 Å². The van der Waals surface area contributed by atoms with Gasteiger partial charge in [-0.15, -0.1) is 0 Å². The van der Waals surface area contributed by atoms with Gasteiger partial charge in [-0.05, 0) is 18.6 Å². The largest absolute Gasteiger partial charge is 0.305 e. The zero-order valence-corrected chi connectivity index (χ0v) is 9.00. The molecule has 0 aromatic heterocycles. The Hall–Kier alpha value is -0.710. The molecule has 2 atom stereocenters. The van der Waals surface area contributed by atoms with Crippen molar-refractivity contribution in [1.29, 1.82) is 0 Å². The molecule has 1 aromatic carbocycles. The van der Waals surface area contributed by atoms with Crippen LogP contribution in [0.15, 0.2) is 35.2 Å². The molecule has 4 heteroatoms. The topological polar surface area (TPSA) is 52.3 Å². The summed E-state index contributed by atoms with van der Waals surface area (Å²) in [7, 11) is 0. The molecular formula is C10H15NO2S. The van der Waals surface area contributed by atoms with Gasteiger partial charge < -0.3 is 5.73 Å². The molecule has 2 N–H and O–H groups in total. The maximum atomic E-state index is 11.5. The van der Waals surface area contributed by atoms with E-state index in [1.165, 1.54) is 0 Å². The predicted octanol–water partition coefficient (Wildman–Crippen LogP) is 1.81. The average molecular weight is 213 g/mol. The molecule has 0 saturated heterocycles. The smallest absolute Gasteiger partial charge is 0.190 e. The molecule has 14 heavy (non-hydrogen) atoms. The van der Waals surface area contributed by atoms with E-state index in [-0.39, 0.29) is 0 Å². The Labute approximate surface area is 86.9 Å². The lowest BCUT2D eigenvalue weighted by Gasteiger charge is -2.10. The number of rotatable bonds is 5. The Balaban J connectivity index is 2.51. The van der Waals surface area contributed by atoms with Crippen LogP contribution in [0.4, 0.5) is 0 Å². The third-order valence-corrected chi connectivity index (χ3v) is 2.80. The summed E-state index contributed by atoms with van der Waals surface area (Å²) in [5.41, 5.74) is 5.61. The highest BCUT2D eigenvalue weighted by atomic mass is 32.2. The van der Waals surface area contributed by atoms with E-state index < -0.39 is 17.3 Å². The molecule has 3 nitrogen and oxygen atoms in total. The van der Waals surface area contributed by atoms with Gasteiger partial charge in [0.25, 0.3) is 0 Å². The maximum absolute atomic E-state index is 11.5. The van der Waals surface area contributed by atoms with Crippen LogP contribution in [-0.4, -0.2) is 10.4 Å². The minimum Gasteiger partial charge on any atom is -0.305 e. The first-order chi connectivity index (χ1) is 6.74. The zero-order chi connectivity index (χ0) is 10.4. The maximum Gasteiger partial charge on any atom is 0.190 e. The van der Waals surface area contributed by atoms with E-state index in [2.05, 4.69) is 0 Å². The van der Waals surface area contributed by atoms with Crippen LogP contribution in [0.3, 0.4) is 0 Å². The third kappa shape index (κ3) is 3.57. The first kappa shape index (κ1) is 11.4. The van der Waals surface area contributed by atoms with Gasteiger partial charge in [0, 0.05) is 0 Å². The molecule has 1 rings (SSSR count). The highest BCUT2D eigenvalue weighted by molar-refractivity contribution is 7.80. The van der Waals surface area contributed by atoms with Gasteiger partial charge in [-0.1, -0.05) is 31.5 Å². The van der Waals surface area contributed by atoms with E-state index in [4.69, 9.17) is 9.92 Å². The van der Waals surface area contributed by atoms with Gasteiger partial charge in [-0.25, -0.2) is 4.21 Å². The van der Waals surface area contributed by atoms with Crippen molar-refractivity contribution in [3.8, 4) is 0 Å². The summed E-state index contributed by atoms with van der Waals surface area (Å²) in [4.78, 5) is 0.652. The molecule has 0 spiro atoms. The summed E-state index contributed by atoms with van der Waals surface area (Å²) in [6, 6.07) is 9.03. The van der Waals surface area contributed by atoms with Crippen LogP contribution >= 0.6 is 0 Å². The molecule has 0 bridgehead atoms. The van der Waals surface area contributed by atoms with E-state index >= 15 is 0 Å². The quantitative estimate of drug-likeness (QED) is 0.759. The van der Waals surface area contributed by atoms with Crippen molar-refractivity contribution in [2.24, 2.45) is 5.73 Å². The van der Waals surface area contributed by atoms with Gasteiger partial charge >= 0.3 is 0 Å². The van der Waals surface area contributed by atoms with Crippen LogP contribution in [0.5, 0.6) is 0 Å². The van der Waals surface area contributed by atoms with E-state index in [1.54, 1.807) is 12.1 Å². The van der Waals surface area contributed by atoms with E-state index in [9.17, 15) is 4.21 Å². The van der Waals surface area contributed by atoms with Gasteiger partial charge in [0.15, 0.2) is 11.1 Å². The molecular weight excluding hydrogens is 198 g/mol. The van der Waals surface area contributed by atoms with Crippen LogP contribution in [0.1, 0.15) is 19.8 Å². The molecule has 0 aliphatic carbocycles. The van der Waals surface area contributed by atoms with Crippen molar-refractivity contribution in [2.75, 3.05) is 0 Å². The Morgan fingerprint density at radius 2 is 2.07 bits per heavy atom. The Kier molecular flexibility index (Phi) is 4.79. The van der Waals surface area contributed by atoms with Crippen LogP contribution in [0.2, 0.25) is 0 Å². The molecule has 0 amide bonds.